The predicted molar refractivity (Wildman–Crippen MR) is 146 cm³/mol. The summed E-state index contributed by atoms with van der Waals surface area (Å²) in [5, 5.41) is 8.49. The Morgan fingerprint density at radius 1 is 0.955 bits per heavy atom. The van der Waals surface area contributed by atoms with Gasteiger partial charge in [0.1, 0.15) is 18.8 Å². The number of carbonyl (C=O) groups is 5. The number of hydrogen-bond acceptors (Lipinski definition) is 14. The number of nitrogens with zero attached hydrogens (tertiary/aromatic N) is 2. The van der Waals surface area contributed by atoms with Crippen LogP contribution in [0.2, 0.25) is 0 Å². The number of rotatable bonds is 7. The van der Waals surface area contributed by atoms with Crippen LogP contribution < -0.4 is 0 Å². The number of azo groups is 1. The smallest absolute Gasteiger partial charge is 0.336 e. The number of carbonyl (C=O) groups excluding carboxylic acids is 5. The van der Waals surface area contributed by atoms with Crippen molar-refractivity contribution in [3.63, 3.8) is 0 Å². The fourth-order valence-corrected chi connectivity index (χ4v) is 7.30. The maximum Gasteiger partial charge on any atom is 0.336 e. The largest absolute Gasteiger partial charge is 0.463 e. The molecule has 14 nitrogen and oxygen atoms in total. The third kappa shape index (κ3) is 5.88. The van der Waals surface area contributed by atoms with E-state index in [0.717, 1.165) is 26.3 Å². The third-order valence-electron chi connectivity index (χ3n) is 9.09. The molecule has 0 N–H and O–H groups in total. The van der Waals surface area contributed by atoms with Crippen LogP contribution >= 0.6 is 0 Å². The molecule has 5 aliphatic rings. The molecule has 0 aromatic carbocycles. The Labute approximate surface area is 254 Å². The maximum absolute atomic E-state index is 13.1. The molecule has 0 unspecified atom stereocenters. The average molecular weight is 619 g/mol. The first-order chi connectivity index (χ1) is 20.8. The molecule has 5 rings (SSSR count). The molecule has 11 atom stereocenters. The molecule has 3 heterocycles. The quantitative estimate of drug-likeness (QED) is 0.231. The van der Waals surface area contributed by atoms with Crippen molar-refractivity contribution in [1.29, 1.82) is 0 Å². The Morgan fingerprint density at radius 2 is 1.61 bits per heavy atom. The molecular formula is C30H38N2O12. The van der Waals surface area contributed by atoms with Crippen molar-refractivity contribution in [3.05, 3.63) is 24.3 Å². The first kappa shape index (κ1) is 31.8. The van der Waals surface area contributed by atoms with E-state index in [-0.39, 0.29) is 30.3 Å². The number of allylic oxidation sites excluding steroid dienone is 1. The number of esters is 5. The van der Waals surface area contributed by atoms with Crippen LogP contribution in [0.4, 0.5) is 0 Å². The zero-order chi connectivity index (χ0) is 31.9. The molecule has 3 aliphatic heterocycles. The first-order valence-corrected chi connectivity index (χ1v) is 14.7. The lowest BCUT2D eigenvalue weighted by Gasteiger charge is -2.44. The van der Waals surface area contributed by atoms with Crippen LogP contribution in [0.15, 0.2) is 34.5 Å². The topological polar surface area (TPSA) is 175 Å². The lowest BCUT2D eigenvalue weighted by atomic mass is 9.75. The molecule has 0 bridgehead atoms. The van der Waals surface area contributed by atoms with E-state index in [2.05, 4.69) is 23.4 Å². The van der Waals surface area contributed by atoms with Gasteiger partial charge in [-0.15, -0.1) is 0 Å². The highest BCUT2D eigenvalue weighted by Crippen LogP contribution is 2.56. The third-order valence-corrected chi connectivity index (χ3v) is 9.09. The van der Waals surface area contributed by atoms with Gasteiger partial charge < -0.3 is 33.2 Å². The number of fused-ring (bicyclic) bond motifs is 4. The summed E-state index contributed by atoms with van der Waals surface area (Å²) in [6.07, 6.45) is -5.45. The molecule has 240 valence electrons. The lowest BCUT2D eigenvalue weighted by molar-refractivity contribution is -0.314. The lowest BCUT2D eigenvalue weighted by Crippen LogP contribution is -2.63. The molecule has 0 aromatic rings. The SMILES string of the molecule is C=C1[C@@H]2[C@H]3OC(=O)[C@]4(CCN=N4)[C@@H]3CCC(=C)[C@@H]2C[C@@H]1O[C@@H]1O[C@H](COC(C)=O)[C@@H](OC(C)=O)[C@H](OC(C)=O)[C@H]1OC(C)=O. The molecule has 2 saturated heterocycles. The second-order valence-electron chi connectivity index (χ2n) is 11.9. The van der Waals surface area contributed by atoms with Gasteiger partial charge in [0.05, 0.1) is 12.6 Å². The van der Waals surface area contributed by atoms with Crippen LogP contribution in [0, 0.1) is 17.8 Å². The minimum absolute atomic E-state index is 0.130. The van der Waals surface area contributed by atoms with Crippen molar-refractivity contribution in [2.75, 3.05) is 13.2 Å². The fourth-order valence-electron chi connectivity index (χ4n) is 7.30. The molecule has 0 radical (unpaired) electrons. The van der Waals surface area contributed by atoms with Gasteiger partial charge in [-0.05, 0) is 30.8 Å². The standard InChI is InChI=1S/C30H38N2O12/c1-13-7-8-20-24(44-29(37)30(20)9-10-31-32-30)23-14(2)21(11-19(13)23)42-28-27(41-18(6)36)26(40-17(5)35)25(39-16(4)34)22(43-28)12-38-15(3)33/h19-28H,1-2,7-12H2,3-6H3/t19-,20+,21-,22+,23-,24-,25+,26-,27+,28+,30-/m0/s1. The van der Waals surface area contributed by atoms with E-state index in [9.17, 15) is 24.0 Å². The van der Waals surface area contributed by atoms with Gasteiger partial charge in [0, 0.05) is 46.0 Å². The van der Waals surface area contributed by atoms with Crippen molar-refractivity contribution in [2.24, 2.45) is 28.0 Å². The zero-order valence-corrected chi connectivity index (χ0v) is 25.2. The average Bonchev–Trinajstić information content (AvgIpc) is 3.59. The van der Waals surface area contributed by atoms with Gasteiger partial charge in [0.2, 0.25) is 0 Å². The van der Waals surface area contributed by atoms with Gasteiger partial charge in [0.15, 0.2) is 30.1 Å². The molecular weight excluding hydrogens is 580 g/mol. The normalized spacial score (nSPS) is 39.2. The van der Waals surface area contributed by atoms with E-state index in [1.165, 1.54) is 6.92 Å². The van der Waals surface area contributed by atoms with E-state index in [1.54, 1.807) is 0 Å². The van der Waals surface area contributed by atoms with Gasteiger partial charge in [0.25, 0.3) is 0 Å². The second-order valence-corrected chi connectivity index (χ2v) is 11.9. The van der Waals surface area contributed by atoms with Crippen molar-refractivity contribution in [1.82, 2.24) is 0 Å². The van der Waals surface area contributed by atoms with E-state index < -0.39 is 72.3 Å². The van der Waals surface area contributed by atoms with Crippen LogP contribution in [0.3, 0.4) is 0 Å². The van der Waals surface area contributed by atoms with Crippen molar-refractivity contribution in [3.8, 4) is 0 Å². The molecule has 14 heteroatoms. The molecule has 44 heavy (non-hydrogen) atoms. The number of ether oxygens (including phenoxy) is 7. The summed E-state index contributed by atoms with van der Waals surface area (Å²) >= 11 is 0. The van der Waals surface area contributed by atoms with Crippen LogP contribution in [0.5, 0.6) is 0 Å². The van der Waals surface area contributed by atoms with E-state index in [1.807, 2.05) is 0 Å². The Bertz CT molecular complexity index is 1280. The molecule has 2 saturated carbocycles. The Morgan fingerprint density at radius 3 is 2.23 bits per heavy atom. The molecule has 1 spiro atoms. The van der Waals surface area contributed by atoms with Gasteiger partial charge in [-0.1, -0.05) is 18.7 Å². The van der Waals surface area contributed by atoms with E-state index >= 15 is 0 Å². The summed E-state index contributed by atoms with van der Waals surface area (Å²) in [6, 6.07) is 0. The Hall–Kier alpha value is -3.65. The summed E-state index contributed by atoms with van der Waals surface area (Å²) < 4.78 is 40.3. The molecule has 0 amide bonds. The Balaban J connectivity index is 1.45. The molecule has 0 aromatic heterocycles. The van der Waals surface area contributed by atoms with Gasteiger partial charge in [-0.3, -0.25) is 19.2 Å². The molecule has 4 fully saturated rings. The van der Waals surface area contributed by atoms with Crippen LogP contribution in [0.1, 0.15) is 53.4 Å². The highest BCUT2D eigenvalue weighted by molar-refractivity contribution is 5.84. The minimum Gasteiger partial charge on any atom is -0.463 e. The van der Waals surface area contributed by atoms with Crippen LogP contribution in [0.25, 0.3) is 0 Å². The predicted octanol–water partition coefficient (Wildman–Crippen LogP) is 2.13. The van der Waals surface area contributed by atoms with E-state index in [4.69, 9.17) is 33.2 Å². The van der Waals surface area contributed by atoms with Gasteiger partial charge in [-0.25, -0.2) is 4.79 Å². The second kappa shape index (κ2) is 12.4. The maximum atomic E-state index is 13.1. The van der Waals surface area contributed by atoms with Crippen molar-refractivity contribution >= 4 is 29.8 Å². The number of hydrogen-bond donors (Lipinski definition) is 0. The van der Waals surface area contributed by atoms with Crippen molar-refractivity contribution in [2.45, 2.75) is 102 Å². The minimum atomic E-state index is -1.37. The summed E-state index contributed by atoms with van der Waals surface area (Å²) in [7, 11) is 0. The highest BCUT2D eigenvalue weighted by atomic mass is 16.7. The van der Waals surface area contributed by atoms with Crippen LogP contribution in [-0.4, -0.2) is 91.5 Å². The first-order valence-electron chi connectivity index (χ1n) is 14.7. The fraction of sp³-hybridized carbons (Fsp3) is 0.700. The summed E-state index contributed by atoms with van der Waals surface area (Å²) in [4.78, 5) is 61.2. The zero-order valence-electron chi connectivity index (χ0n) is 25.2. The van der Waals surface area contributed by atoms with E-state index in [0.29, 0.717) is 37.8 Å². The highest BCUT2D eigenvalue weighted by Gasteiger charge is 2.64. The molecule has 2 aliphatic carbocycles. The summed E-state index contributed by atoms with van der Waals surface area (Å²) in [5.41, 5.74) is 0.610. The summed E-state index contributed by atoms with van der Waals surface area (Å²) in [6.45, 7) is 13.4. The van der Waals surface area contributed by atoms with Crippen molar-refractivity contribution < 1.29 is 57.1 Å². The van der Waals surface area contributed by atoms with Gasteiger partial charge in [-0.2, -0.15) is 10.2 Å². The Kier molecular flexibility index (Phi) is 8.94. The summed E-state index contributed by atoms with van der Waals surface area (Å²) in [5.74, 6) is -3.85. The van der Waals surface area contributed by atoms with Gasteiger partial charge >= 0.3 is 29.8 Å². The van der Waals surface area contributed by atoms with Crippen LogP contribution in [-0.2, 0) is 57.1 Å². The monoisotopic (exact) mass is 618 g/mol.